The van der Waals surface area contributed by atoms with Gasteiger partial charge in [-0.1, -0.05) is 42.6 Å². The van der Waals surface area contributed by atoms with Gasteiger partial charge in [0.15, 0.2) is 0 Å². The number of methoxy groups -OCH3 is 1. The fourth-order valence-corrected chi connectivity index (χ4v) is 4.08. The molecular formula is C23H22ClN3O4. The van der Waals surface area contributed by atoms with E-state index in [1.165, 1.54) is 7.11 Å². The van der Waals surface area contributed by atoms with Gasteiger partial charge in [0.25, 0.3) is 17.7 Å². The van der Waals surface area contributed by atoms with Gasteiger partial charge in [-0.15, -0.1) is 0 Å². The summed E-state index contributed by atoms with van der Waals surface area (Å²) in [7, 11) is 1.46. The number of hydrogen-bond acceptors (Lipinski definition) is 5. The Balaban J connectivity index is 1.54. The van der Waals surface area contributed by atoms with Crippen LogP contribution in [0.2, 0.25) is 0 Å². The Morgan fingerprint density at radius 2 is 1.81 bits per heavy atom. The summed E-state index contributed by atoms with van der Waals surface area (Å²) in [6.45, 7) is 0. The van der Waals surface area contributed by atoms with Gasteiger partial charge >= 0.3 is 0 Å². The second-order valence-corrected chi connectivity index (χ2v) is 7.85. The Morgan fingerprint density at radius 3 is 2.55 bits per heavy atom. The van der Waals surface area contributed by atoms with Gasteiger partial charge in [-0.2, -0.15) is 0 Å². The summed E-state index contributed by atoms with van der Waals surface area (Å²) in [6.07, 6.45) is 4.22. The molecule has 2 aliphatic rings. The van der Waals surface area contributed by atoms with E-state index in [0.29, 0.717) is 22.7 Å². The van der Waals surface area contributed by atoms with E-state index in [-0.39, 0.29) is 22.7 Å². The monoisotopic (exact) mass is 439 g/mol. The molecule has 1 heterocycles. The number of nitrogens with one attached hydrogen (secondary N) is 2. The number of amides is 3. The molecule has 4 rings (SSSR count). The first-order valence-corrected chi connectivity index (χ1v) is 10.5. The fourth-order valence-electron chi connectivity index (χ4n) is 3.87. The van der Waals surface area contributed by atoms with E-state index in [1.54, 1.807) is 48.5 Å². The van der Waals surface area contributed by atoms with Crippen molar-refractivity contribution in [3.8, 4) is 5.75 Å². The molecule has 1 saturated carbocycles. The number of benzene rings is 2. The molecule has 0 saturated heterocycles. The third kappa shape index (κ3) is 4.14. The molecule has 0 aromatic heterocycles. The van der Waals surface area contributed by atoms with Crippen LogP contribution in [0.1, 0.15) is 36.0 Å². The van der Waals surface area contributed by atoms with Gasteiger partial charge in [-0.3, -0.25) is 14.4 Å². The smallest absolute Gasteiger partial charge is 0.283 e. The molecular weight excluding hydrogens is 418 g/mol. The number of para-hydroxylation sites is 2. The molecule has 2 aromatic rings. The largest absolute Gasteiger partial charge is 0.495 e. The summed E-state index contributed by atoms with van der Waals surface area (Å²) in [6, 6.07) is 13.6. The van der Waals surface area contributed by atoms with Crippen LogP contribution in [0.4, 0.5) is 11.4 Å². The highest BCUT2D eigenvalue weighted by atomic mass is 35.5. The number of rotatable bonds is 6. The number of hydrogen-bond donors (Lipinski definition) is 2. The first-order valence-electron chi connectivity index (χ1n) is 10.1. The quantitative estimate of drug-likeness (QED) is 0.668. The van der Waals surface area contributed by atoms with Crippen molar-refractivity contribution in [1.29, 1.82) is 0 Å². The highest BCUT2D eigenvalue weighted by molar-refractivity contribution is 6.53. The highest BCUT2D eigenvalue weighted by Gasteiger charge is 2.40. The number of carbonyl (C=O) groups is 3. The van der Waals surface area contributed by atoms with Crippen LogP contribution >= 0.6 is 11.6 Å². The van der Waals surface area contributed by atoms with Crippen molar-refractivity contribution in [2.24, 2.45) is 0 Å². The first-order chi connectivity index (χ1) is 15.0. The fraction of sp³-hybridized carbons (Fsp3) is 0.261. The Kier molecular flexibility index (Phi) is 5.95. The molecule has 0 radical (unpaired) electrons. The van der Waals surface area contributed by atoms with Crippen molar-refractivity contribution in [2.45, 2.75) is 31.7 Å². The molecule has 1 aliphatic heterocycles. The van der Waals surface area contributed by atoms with Crippen LogP contribution in [0, 0.1) is 0 Å². The van der Waals surface area contributed by atoms with Gasteiger partial charge in [0.05, 0.1) is 12.8 Å². The molecule has 0 atom stereocenters. The summed E-state index contributed by atoms with van der Waals surface area (Å²) in [5, 5.41) is 5.72. The van der Waals surface area contributed by atoms with Gasteiger partial charge in [0.1, 0.15) is 16.5 Å². The third-order valence-corrected chi connectivity index (χ3v) is 5.79. The zero-order valence-corrected chi connectivity index (χ0v) is 17.7. The summed E-state index contributed by atoms with van der Waals surface area (Å²) in [5.74, 6) is -1.03. The zero-order chi connectivity index (χ0) is 22.0. The SMILES string of the molecule is COc1ccccc1N1C(=O)C(Cl)=C(Nc2cccc(C(=O)NC3CCCC3)c2)C1=O. The predicted octanol–water partition coefficient (Wildman–Crippen LogP) is 3.80. The summed E-state index contributed by atoms with van der Waals surface area (Å²) in [4.78, 5) is 39.3. The lowest BCUT2D eigenvalue weighted by atomic mass is 10.1. The van der Waals surface area contributed by atoms with Gasteiger partial charge in [-0.25, -0.2) is 4.90 Å². The highest BCUT2D eigenvalue weighted by Crippen LogP contribution is 2.35. The summed E-state index contributed by atoms with van der Waals surface area (Å²) < 4.78 is 5.27. The zero-order valence-electron chi connectivity index (χ0n) is 17.0. The van der Waals surface area contributed by atoms with Crippen LogP contribution in [0.3, 0.4) is 0 Å². The van der Waals surface area contributed by atoms with Gasteiger partial charge in [-0.05, 0) is 43.2 Å². The summed E-state index contributed by atoms with van der Waals surface area (Å²) >= 11 is 6.21. The average molecular weight is 440 g/mol. The standard InChI is InChI=1S/C23H22ClN3O4/c1-31-18-12-5-4-11-17(18)27-22(29)19(24)20(23(27)30)25-16-10-6-7-14(13-16)21(28)26-15-8-2-3-9-15/h4-7,10-13,15,25H,2-3,8-9H2,1H3,(H,26,28). The minimum Gasteiger partial charge on any atom is -0.495 e. The van der Waals surface area contributed by atoms with Crippen LogP contribution < -0.4 is 20.3 Å². The molecule has 0 bridgehead atoms. The van der Waals surface area contributed by atoms with Crippen molar-refractivity contribution in [3.05, 3.63) is 64.8 Å². The van der Waals surface area contributed by atoms with Crippen molar-refractivity contribution in [2.75, 3.05) is 17.3 Å². The Morgan fingerprint density at radius 1 is 1.06 bits per heavy atom. The van der Waals surface area contributed by atoms with Crippen LogP contribution in [0.15, 0.2) is 59.3 Å². The van der Waals surface area contributed by atoms with E-state index in [4.69, 9.17) is 16.3 Å². The lowest BCUT2D eigenvalue weighted by Gasteiger charge is -2.18. The Labute approximate surface area is 185 Å². The van der Waals surface area contributed by atoms with Crippen molar-refractivity contribution in [3.63, 3.8) is 0 Å². The second kappa shape index (κ2) is 8.81. The average Bonchev–Trinajstić information content (AvgIpc) is 3.36. The molecule has 2 aromatic carbocycles. The number of halogens is 1. The third-order valence-electron chi connectivity index (χ3n) is 5.44. The first kappa shape index (κ1) is 20.9. The molecule has 8 heteroatoms. The van der Waals surface area contributed by atoms with Crippen LogP contribution in [0.25, 0.3) is 0 Å². The van der Waals surface area contributed by atoms with Gasteiger partial charge in [0, 0.05) is 17.3 Å². The second-order valence-electron chi connectivity index (χ2n) is 7.47. The van der Waals surface area contributed by atoms with E-state index < -0.39 is 11.8 Å². The normalized spacial score (nSPS) is 16.8. The maximum Gasteiger partial charge on any atom is 0.283 e. The van der Waals surface area contributed by atoms with Crippen molar-refractivity contribution in [1.82, 2.24) is 5.32 Å². The van der Waals surface area contributed by atoms with Gasteiger partial charge in [0.2, 0.25) is 0 Å². The van der Waals surface area contributed by atoms with E-state index in [0.717, 1.165) is 30.6 Å². The predicted molar refractivity (Wildman–Crippen MR) is 118 cm³/mol. The van der Waals surface area contributed by atoms with Crippen LogP contribution in [0.5, 0.6) is 5.75 Å². The van der Waals surface area contributed by atoms with Crippen molar-refractivity contribution >= 4 is 40.7 Å². The molecule has 0 unspecified atom stereocenters. The number of anilines is 2. The summed E-state index contributed by atoms with van der Waals surface area (Å²) in [5.41, 5.74) is 1.20. The van der Waals surface area contributed by atoms with E-state index in [9.17, 15) is 14.4 Å². The molecule has 2 N–H and O–H groups in total. The minimum absolute atomic E-state index is 0.0501. The molecule has 7 nitrogen and oxygen atoms in total. The van der Waals surface area contributed by atoms with E-state index >= 15 is 0 Å². The topological polar surface area (TPSA) is 87.7 Å². The molecule has 1 fully saturated rings. The van der Waals surface area contributed by atoms with Crippen LogP contribution in [-0.2, 0) is 9.59 Å². The molecule has 3 amide bonds. The number of ether oxygens (including phenoxy) is 1. The lowest BCUT2D eigenvalue weighted by Crippen LogP contribution is -2.33. The molecule has 160 valence electrons. The van der Waals surface area contributed by atoms with Gasteiger partial charge < -0.3 is 15.4 Å². The number of imide groups is 1. The Bertz CT molecular complexity index is 1080. The maximum atomic E-state index is 13.0. The van der Waals surface area contributed by atoms with Crippen LogP contribution in [-0.4, -0.2) is 30.9 Å². The number of nitrogens with zero attached hydrogens (tertiary/aromatic N) is 1. The van der Waals surface area contributed by atoms with Crippen molar-refractivity contribution < 1.29 is 19.1 Å². The maximum absolute atomic E-state index is 13.0. The van der Waals surface area contributed by atoms with E-state index in [2.05, 4.69) is 10.6 Å². The van der Waals surface area contributed by atoms with E-state index in [1.807, 2.05) is 0 Å². The number of carbonyl (C=O) groups excluding carboxylic acids is 3. The molecule has 1 aliphatic carbocycles. The Hall–Kier alpha value is -3.32. The molecule has 31 heavy (non-hydrogen) atoms. The minimum atomic E-state index is -0.645. The molecule has 0 spiro atoms. The lowest BCUT2D eigenvalue weighted by molar-refractivity contribution is -0.120.